The highest BCUT2D eigenvalue weighted by molar-refractivity contribution is 7.89. The quantitative estimate of drug-likeness (QED) is 0.577. The summed E-state index contributed by atoms with van der Waals surface area (Å²) in [5, 5.41) is 5.87. The molecular weight excluding hydrogens is 424 g/mol. The highest BCUT2D eigenvalue weighted by Crippen LogP contribution is 2.25. The van der Waals surface area contributed by atoms with Crippen LogP contribution in [0, 0.1) is 6.92 Å². The first kappa shape index (κ1) is 20.7. The fourth-order valence-electron chi connectivity index (χ4n) is 3.40. The van der Waals surface area contributed by atoms with E-state index in [2.05, 4.69) is 10.1 Å². The molecular formula is C20H22N4O4S2. The summed E-state index contributed by atoms with van der Waals surface area (Å²) in [5.74, 6) is 0.477. The Morgan fingerprint density at radius 2 is 2.03 bits per heavy atom. The summed E-state index contributed by atoms with van der Waals surface area (Å²) >= 11 is 1.50. The molecule has 0 spiro atoms. The van der Waals surface area contributed by atoms with E-state index in [0.29, 0.717) is 35.9 Å². The fraction of sp³-hybridized carbons (Fsp3) is 0.350. The van der Waals surface area contributed by atoms with Crippen molar-refractivity contribution in [1.82, 2.24) is 19.3 Å². The summed E-state index contributed by atoms with van der Waals surface area (Å²) in [4.78, 5) is 19.8. The van der Waals surface area contributed by atoms with Crippen LogP contribution in [0.5, 0.6) is 0 Å². The molecule has 1 aliphatic heterocycles. The number of hydrogen-bond acceptors (Lipinski definition) is 7. The zero-order valence-corrected chi connectivity index (χ0v) is 18.4. The van der Waals surface area contributed by atoms with Gasteiger partial charge in [0.25, 0.3) is 5.91 Å². The second-order valence-electron chi connectivity index (χ2n) is 7.24. The molecule has 1 aromatic carbocycles. The van der Waals surface area contributed by atoms with Gasteiger partial charge in [-0.2, -0.15) is 9.29 Å². The molecule has 3 aromatic rings. The molecule has 1 amide bonds. The molecule has 8 nitrogen and oxygen atoms in total. The van der Waals surface area contributed by atoms with Gasteiger partial charge in [0.1, 0.15) is 0 Å². The Hall–Kier alpha value is -2.56. The number of thiophene rings is 1. The Labute approximate surface area is 179 Å². The maximum absolute atomic E-state index is 13.0. The molecule has 4 rings (SSSR count). The fourth-order valence-corrected chi connectivity index (χ4v) is 5.82. The lowest BCUT2D eigenvalue weighted by Gasteiger charge is -2.19. The van der Waals surface area contributed by atoms with E-state index in [0.717, 1.165) is 17.7 Å². The number of aromatic nitrogens is 2. The number of sulfonamides is 1. The van der Waals surface area contributed by atoms with Crippen molar-refractivity contribution in [2.24, 2.45) is 0 Å². The van der Waals surface area contributed by atoms with Crippen molar-refractivity contribution in [2.75, 3.05) is 20.1 Å². The molecule has 0 bridgehead atoms. The number of benzene rings is 1. The predicted molar refractivity (Wildman–Crippen MR) is 113 cm³/mol. The normalized spacial score (nSPS) is 14.9. The van der Waals surface area contributed by atoms with Gasteiger partial charge in [-0.05, 0) is 48.9 Å². The summed E-state index contributed by atoms with van der Waals surface area (Å²) in [5.41, 5.74) is 0.928. The topological polar surface area (TPSA) is 96.6 Å². The first-order valence-corrected chi connectivity index (χ1v) is 11.9. The molecule has 1 fully saturated rings. The summed E-state index contributed by atoms with van der Waals surface area (Å²) in [7, 11) is -1.99. The first-order valence-electron chi connectivity index (χ1n) is 9.59. The van der Waals surface area contributed by atoms with E-state index >= 15 is 0 Å². The molecule has 0 aliphatic carbocycles. The molecule has 10 heteroatoms. The van der Waals surface area contributed by atoms with E-state index in [-0.39, 0.29) is 17.3 Å². The zero-order chi connectivity index (χ0) is 21.3. The Morgan fingerprint density at radius 1 is 1.27 bits per heavy atom. The Bertz CT molecular complexity index is 1150. The maximum Gasteiger partial charge on any atom is 0.254 e. The van der Waals surface area contributed by atoms with Crippen LogP contribution in [0.4, 0.5) is 0 Å². The minimum Gasteiger partial charge on any atom is -0.337 e. The average molecular weight is 447 g/mol. The molecule has 30 heavy (non-hydrogen) atoms. The van der Waals surface area contributed by atoms with Gasteiger partial charge in [0, 0.05) is 25.7 Å². The molecule has 158 valence electrons. The monoisotopic (exact) mass is 446 g/mol. The lowest BCUT2D eigenvalue weighted by molar-refractivity contribution is 0.0769. The van der Waals surface area contributed by atoms with E-state index in [1.165, 1.54) is 26.6 Å². The minimum absolute atomic E-state index is 0.124. The van der Waals surface area contributed by atoms with Gasteiger partial charge in [0.2, 0.25) is 21.7 Å². The Morgan fingerprint density at radius 3 is 2.73 bits per heavy atom. The average Bonchev–Trinajstić information content (AvgIpc) is 3.49. The van der Waals surface area contributed by atoms with Crippen molar-refractivity contribution in [3.63, 3.8) is 0 Å². The smallest absolute Gasteiger partial charge is 0.254 e. The van der Waals surface area contributed by atoms with Crippen molar-refractivity contribution < 1.29 is 17.7 Å². The van der Waals surface area contributed by atoms with Gasteiger partial charge in [0.05, 0.1) is 16.3 Å². The molecule has 0 atom stereocenters. The van der Waals surface area contributed by atoms with Crippen molar-refractivity contribution in [3.05, 3.63) is 52.7 Å². The predicted octanol–water partition coefficient (Wildman–Crippen LogP) is 3.16. The van der Waals surface area contributed by atoms with Gasteiger partial charge in [-0.1, -0.05) is 17.3 Å². The third-order valence-electron chi connectivity index (χ3n) is 5.05. The van der Waals surface area contributed by atoms with Crippen molar-refractivity contribution in [1.29, 1.82) is 0 Å². The maximum atomic E-state index is 13.0. The standard InChI is InChI=1S/C20H22N4O4S2/c1-14-7-8-15(12-17(14)30(26,27)24-9-3-4-10-24)20(25)23(2)13-18-21-19(22-28-18)16-6-5-11-29-16/h5-8,11-12H,3-4,9-10,13H2,1-2H3. The number of rotatable bonds is 6. The van der Waals surface area contributed by atoms with Gasteiger partial charge >= 0.3 is 0 Å². The first-order chi connectivity index (χ1) is 14.4. The number of carbonyl (C=O) groups excluding carboxylic acids is 1. The van der Waals surface area contributed by atoms with Gasteiger partial charge in [-0.25, -0.2) is 8.42 Å². The lowest BCUT2D eigenvalue weighted by atomic mass is 10.1. The highest BCUT2D eigenvalue weighted by Gasteiger charge is 2.29. The third kappa shape index (κ3) is 4.03. The number of amides is 1. The van der Waals surface area contributed by atoms with Crippen LogP contribution in [0.3, 0.4) is 0 Å². The summed E-state index contributed by atoms with van der Waals surface area (Å²) in [6.07, 6.45) is 1.72. The third-order valence-corrected chi connectivity index (χ3v) is 7.95. The summed E-state index contributed by atoms with van der Waals surface area (Å²) in [6.45, 7) is 2.90. The second-order valence-corrected chi connectivity index (χ2v) is 10.1. The molecule has 1 saturated heterocycles. The van der Waals surface area contributed by atoms with Gasteiger partial charge in [0.15, 0.2) is 0 Å². The van der Waals surface area contributed by atoms with Gasteiger partial charge in [-0.15, -0.1) is 11.3 Å². The van der Waals surface area contributed by atoms with E-state index in [9.17, 15) is 13.2 Å². The van der Waals surface area contributed by atoms with Crippen LogP contribution >= 0.6 is 11.3 Å². The Kier molecular flexibility index (Phi) is 5.72. The van der Waals surface area contributed by atoms with E-state index in [1.54, 1.807) is 26.1 Å². The van der Waals surface area contributed by atoms with Crippen molar-refractivity contribution in [2.45, 2.75) is 31.2 Å². The molecule has 1 aliphatic rings. The van der Waals surface area contributed by atoms with E-state index < -0.39 is 10.0 Å². The Balaban J connectivity index is 1.53. The SMILES string of the molecule is Cc1ccc(C(=O)N(C)Cc2nc(-c3cccs3)no2)cc1S(=O)(=O)N1CCCC1. The van der Waals surface area contributed by atoms with E-state index in [4.69, 9.17) is 4.52 Å². The van der Waals surface area contributed by atoms with Crippen LogP contribution in [0.1, 0.15) is 34.7 Å². The molecule has 3 heterocycles. The molecule has 0 N–H and O–H groups in total. The number of nitrogens with zero attached hydrogens (tertiary/aromatic N) is 4. The second kappa shape index (κ2) is 8.29. The number of carbonyl (C=O) groups is 1. The van der Waals surface area contributed by atoms with Gasteiger partial charge < -0.3 is 9.42 Å². The van der Waals surface area contributed by atoms with Crippen molar-refractivity contribution in [3.8, 4) is 10.7 Å². The lowest BCUT2D eigenvalue weighted by Crippen LogP contribution is -2.30. The molecule has 2 aromatic heterocycles. The summed E-state index contributed by atoms with van der Waals surface area (Å²) < 4.78 is 32.7. The number of hydrogen-bond donors (Lipinski definition) is 0. The van der Waals surface area contributed by atoms with Crippen LogP contribution in [-0.4, -0.2) is 53.8 Å². The summed E-state index contributed by atoms with van der Waals surface area (Å²) in [6, 6.07) is 8.57. The van der Waals surface area contributed by atoms with Crippen LogP contribution in [0.2, 0.25) is 0 Å². The van der Waals surface area contributed by atoms with Crippen LogP contribution < -0.4 is 0 Å². The van der Waals surface area contributed by atoms with Crippen LogP contribution in [0.15, 0.2) is 45.1 Å². The largest absolute Gasteiger partial charge is 0.337 e. The van der Waals surface area contributed by atoms with Crippen LogP contribution in [-0.2, 0) is 16.6 Å². The number of aryl methyl sites for hydroxylation is 1. The molecule has 0 radical (unpaired) electrons. The minimum atomic E-state index is -3.61. The molecule has 0 unspecified atom stereocenters. The molecule has 0 saturated carbocycles. The van der Waals surface area contributed by atoms with Gasteiger partial charge in [-0.3, -0.25) is 4.79 Å². The highest BCUT2D eigenvalue weighted by atomic mass is 32.2. The van der Waals surface area contributed by atoms with Crippen molar-refractivity contribution >= 4 is 27.3 Å². The zero-order valence-electron chi connectivity index (χ0n) is 16.7. The van der Waals surface area contributed by atoms with Crippen LogP contribution in [0.25, 0.3) is 10.7 Å². The van der Waals surface area contributed by atoms with E-state index in [1.807, 2.05) is 17.5 Å².